The minimum atomic E-state index is -0.576. The van der Waals surface area contributed by atoms with Crippen LogP contribution in [0.4, 0.5) is 11.6 Å². The number of Topliss-reactive ketones (excluding diaryl/α,β-unsaturated/α-hetero) is 1. The second-order valence-electron chi connectivity index (χ2n) is 8.80. The Morgan fingerprint density at radius 2 is 1.81 bits per heavy atom. The van der Waals surface area contributed by atoms with E-state index in [1.165, 1.54) is 50.3 Å². The predicted octanol–water partition coefficient (Wildman–Crippen LogP) is 4.18. The Hall–Kier alpha value is -2.87. The van der Waals surface area contributed by atoms with Crippen LogP contribution in [0.15, 0.2) is 46.6 Å². The molecule has 2 fully saturated rings. The van der Waals surface area contributed by atoms with Gasteiger partial charge in [-0.15, -0.1) is 0 Å². The number of imidazole rings is 1. The van der Waals surface area contributed by atoms with Gasteiger partial charge < -0.3 is 10.2 Å². The number of fused-ring (bicyclic) bond motifs is 2. The van der Waals surface area contributed by atoms with Crippen LogP contribution in [-0.4, -0.2) is 39.1 Å². The Kier molecular flexibility index (Phi) is 4.31. The maximum Gasteiger partial charge on any atom is 0.296 e. The van der Waals surface area contributed by atoms with Gasteiger partial charge in [0, 0.05) is 36.6 Å². The van der Waals surface area contributed by atoms with Gasteiger partial charge in [0.15, 0.2) is 5.65 Å². The summed E-state index contributed by atoms with van der Waals surface area (Å²) in [4.78, 5) is 37.5. The number of amides is 1. The van der Waals surface area contributed by atoms with Gasteiger partial charge in [-0.25, -0.2) is 9.97 Å². The number of anilines is 2. The van der Waals surface area contributed by atoms with Crippen molar-refractivity contribution in [2.45, 2.75) is 48.3 Å². The lowest BCUT2D eigenvalue weighted by molar-refractivity contribution is -0.112. The normalized spacial score (nSPS) is 19.9. The quantitative estimate of drug-likeness (QED) is 0.625. The van der Waals surface area contributed by atoms with Crippen LogP contribution in [-0.2, 0) is 4.79 Å². The van der Waals surface area contributed by atoms with E-state index in [1.54, 1.807) is 12.3 Å². The van der Waals surface area contributed by atoms with E-state index in [0.717, 1.165) is 34.5 Å². The molecule has 0 unspecified atom stereocenters. The number of ketones is 1. The van der Waals surface area contributed by atoms with Gasteiger partial charge in [-0.2, -0.15) is 0 Å². The molecule has 6 rings (SSSR count). The molecule has 8 heteroatoms. The fourth-order valence-electron chi connectivity index (χ4n) is 5.36. The maximum atomic E-state index is 12.3. The van der Waals surface area contributed by atoms with Crippen molar-refractivity contribution in [3.63, 3.8) is 0 Å². The van der Waals surface area contributed by atoms with E-state index in [2.05, 4.69) is 15.2 Å². The van der Waals surface area contributed by atoms with E-state index in [0.29, 0.717) is 16.7 Å². The molecule has 31 heavy (non-hydrogen) atoms. The minimum Gasteiger partial charge on any atom is -0.342 e. The van der Waals surface area contributed by atoms with E-state index >= 15 is 0 Å². The van der Waals surface area contributed by atoms with Crippen molar-refractivity contribution in [1.29, 1.82) is 0 Å². The number of hydrogen-bond donors (Lipinski definition) is 1. The third-order valence-electron chi connectivity index (χ3n) is 7.07. The summed E-state index contributed by atoms with van der Waals surface area (Å²) in [5, 5.41) is 2.63. The van der Waals surface area contributed by atoms with Crippen molar-refractivity contribution >= 4 is 40.7 Å². The molecule has 2 aliphatic heterocycles. The van der Waals surface area contributed by atoms with Crippen LogP contribution in [0, 0.1) is 5.41 Å². The largest absolute Gasteiger partial charge is 0.342 e. The average molecular weight is 434 g/mol. The number of nitrogens with zero attached hydrogens (tertiary/aromatic N) is 4. The van der Waals surface area contributed by atoms with Crippen LogP contribution in [0.3, 0.4) is 0 Å². The summed E-state index contributed by atoms with van der Waals surface area (Å²) < 4.78 is 2.05. The monoisotopic (exact) mass is 433 g/mol. The molecule has 1 aliphatic carbocycles. The van der Waals surface area contributed by atoms with Crippen LogP contribution in [0.25, 0.3) is 5.65 Å². The van der Waals surface area contributed by atoms with Crippen molar-refractivity contribution in [2.75, 3.05) is 23.3 Å². The fraction of sp³-hybridized carbons (Fsp3) is 0.391. The van der Waals surface area contributed by atoms with E-state index in [9.17, 15) is 9.59 Å². The van der Waals surface area contributed by atoms with Crippen molar-refractivity contribution in [3.8, 4) is 0 Å². The highest BCUT2D eigenvalue weighted by atomic mass is 32.2. The molecule has 7 nitrogen and oxygen atoms in total. The van der Waals surface area contributed by atoms with Crippen LogP contribution < -0.4 is 10.2 Å². The first-order chi connectivity index (χ1) is 15.1. The number of hydrogen-bond acceptors (Lipinski definition) is 6. The van der Waals surface area contributed by atoms with Gasteiger partial charge >= 0.3 is 0 Å². The van der Waals surface area contributed by atoms with Gasteiger partial charge in [-0.05, 0) is 43.2 Å². The topological polar surface area (TPSA) is 79.6 Å². The van der Waals surface area contributed by atoms with E-state index < -0.39 is 11.7 Å². The van der Waals surface area contributed by atoms with Crippen LogP contribution >= 0.6 is 11.8 Å². The molecule has 3 aliphatic rings. The molecule has 158 valence electrons. The standard InChI is InChI=1S/C23H23N5O2S/c29-19-18-15(26-21(19)30)4-3-5-16(18)31-17-14-25-22(28-13-10-24-20(17)28)27-11-8-23(9-12-27)6-1-2-7-23/h3-5,10,13-14H,1-2,6-9,11-12H2,(H,26,29,30). The number of aromatic nitrogens is 3. The summed E-state index contributed by atoms with van der Waals surface area (Å²) in [5.41, 5.74) is 2.38. The number of carbonyl (C=O) groups excluding carboxylic acids is 2. The molecule has 1 saturated carbocycles. The molecule has 0 atom stereocenters. The molecule has 0 radical (unpaired) electrons. The Morgan fingerprint density at radius 3 is 2.61 bits per heavy atom. The average Bonchev–Trinajstić information content (AvgIpc) is 3.50. The fourth-order valence-corrected chi connectivity index (χ4v) is 6.40. The molecule has 1 spiro atoms. The van der Waals surface area contributed by atoms with E-state index in [1.807, 2.05) is 28.9 Å². The van der Waals surface area contributed by atoms with Crippen LogP contribution in [0.2, 0.25) is 0 Å². The SMILES string of the molecule is O=C1Nc2cccc(Sc3cnc(N4CCC5(CCCC5)CC4)n4ccnc34)c2C1=O. The molecule has 0 bridgehead atoms. The maximum absolute atomic E-state index is 12.3. The first-order valence-corrected chi connectivity index (χ1v) is 11.7. The van der Waals surface area contributed by atoms with Gasteiger partial charge in [-0.1, -0.05) is 30.7 Å². The number of carbonyl (C=O) groups is 2. The lowest BCUT2D eigenvalue weighted by atomic mass is 9.77. The molecular formula is C23H23N5O2S. The van der Waals surface area contributed by atoms with E-state index in [-0.39, 0.29) is 0 Å². The van der Waals surface area contributed by atoms with Gasteiger partial charge in [-0.3, -0.25) is 14.0 Å². The summed E-state index contributed by atoms with van der Waals surface area (Å²) in [6.45, 7) is 2.06. The zero-order valence-electron chi connectivity index (χ0n) is 17.1. The minimum absolute atomic E-state index is 0.434. The van der Waals surface area contributed by atoms with Gasteiger partial charge in [0.2, 0.25) is 5.95 Å². The molecular weight excluding hydrogens is 410 g/mol. The van der Waals surface area contributed by atoms with Crippen molar-refractivity contribution in [3.05, 3.63) is 42.4 Å². The summed E-state index contributed by atoms with van der Waals surface area (Å²) in [6, 6.07) is 5.46. The van der Waals surface area contributed by atoms with Crippen molar-refractivity contribution < 1.29 is 9.59 Å². The molecule has 1 N–H and O–H groups in total. The summed E-state index contributed by atoms with van der Waals surface area (Å²) >= 11 is 1.43. The third kappa shape index (κ3) is 3.04. The molecule has 2 aromatic heterocycles. The number of piperidine rings is 1. The molecule has 1 amide bonds. The molecule has 1 saturated heterocycles. The van der Waals surface area contributed by atoms with E-state index in [4.69, 9.17) is 4.98 Å². The Morgan fingerprint density at radius 1 is 1.00 bits per heavy atom. The van der Waals surface area contributed by atoms with Crippen LogP contribution in [0.1, 0.15) is 48.9 Å². The predicted molar refractivity (Wildman–Crippen MR) is 119 cm³/mol. The first-order valence-electron chi connectivity index (χ1n) is 10.9. The molecule has 1 aromatic carbocycles. The van der Waals surface area contributed by atoms with Gasteiger partial charge in [0.25, 0.3) is 11.7 Å². The number of benzene rings is 1. The van der Waals surface area contributed by atoms with Crippen LogP contribution in [0.5, 0.6) is 0 Å². The van der Waals surface area contributed by atoms with Gasteiger partial charge in [0.1, 0.15) is 0 Å². The highest BCUT2D eigenvalue weighted by Gasteiger charge is 2.37. The highest BCUT2D eigenvalue weighted by Crippen LogP contribution is 2.46. The smallest absolute Gasteiger partial charge is 0.296 e. The second kappa shape index (κ2) is 7.09. The highest BCUT2D eigenvalue weighted by molar-refractivity contribution is 7.99. The van der Waals surface area contributed by atoms with Crippen molar-refractivity contribution in [1.82, 2.24) is 14.4 Å². The lowest BCUT2D eigenvalue weighted by Crippen LogP contribution is -2.40. The molecule has 3 aromatic rings. The second-order valence-corrected chi connectivity index (χ2v) is 9.89. The molecule has 4 heterocycles. The summed E-state index contributed by atoms with van der Waals surface area (Å²) in [5.74, 6) is -0.139. The third-order valence-corrected chi connectivity index (χ3v) is 8.14. The number of nitrogens with one attached hydrogen (secondary N) is 1. The zero-order chi connectivity index (χ0) is 21.0. The Labute approximate surface area is 184 Å². The Balaban J connectivity index is 1.31. The zero-order valence-corrected chi connectivity index (χ0v) is 18.0. The number of rotatable bonds is 3. The lowest BCUT2D eigenvalue weighted by Gasteiger charge is -2.39. The summed E-state index contributed by atoms with van der Waals surface area (Å²) in [6.07, 6.45) is 13.6. The van der Waals surface area contributed by atoms with Gasteiger partial charge in [0.05, 0.1) is 16.1 Å². The van der Waals surface area contributed by atoms with Crippen molar-refractivity contribution in [2.24, 2.45) is 5.41 Å². The summed E-state index contributed by atoms with van der Waals surface area (Å²) in [7, 11) is 0. The first kappa shape index (κ1) is 18.9. The Bertz CT molecular complexity index is 1200.